The highest BCUT2D eigenvalue weighted by Gasteiger charge is 2.23. The number of likely N-dealkylation sites (N-methyl/N-ethyl adjacent to an activating group) is 1. The summed E-state index contributed by atoms with van der Waals surface area (Å²) < 4.78 is 0. The Kier molecular flexibility index (Phi) is 5.89. The fraction of sp³-hybridized carbons (Fsp3) is 0.471. The number of amides is 2. The van der Waals surface area contributed by atoms with Crippen LogP contribution in [0.25, 0.3) is 10.8 Å². The van der Waals surface area contributed by atoms with Gasteiger partial charge in [0.2, 0.25) is 11.8 Å². The van der Waals surface area contributed by atoms with E-state index in [1.807, 2.05) is 10.3 Å². The molecule has 2 aromatic heterocycles. The Morgan fingerprint density at radius 1 is 1.15 bits per heavy atom. The lowest BCUT2D eigenvalue weighted by molar-refractivity contribution is -0.133. The summed E-state index contributed by atoms with van der Waals surface area (Å²) in [5.74, 6) is 0.729. The molecule has 138 valence electrons. The Balaban J connectivity index is 1.51. The lowest BCUT2D eigenvalue weighted by Gasteiger charge is -2.34. The molecule has 0 bridgehead atoms. The number of aromatic nitrogens is 3. The van der Waals surface area contributed by atoms with Crippen molar-refractivity contribution in [2.24, 2.45) is 0 Å². The highest BCUT2D eigenvalue weighted by atomic mass is 32.1. The molecule has 8 nitrogen and oxygen atoms in total. The summed E-state index contributed by atoms with van der Waals surface area (Å²) >= 11 is 1.44. The Bertz CT molecular complexity index is 756. The third-order valence-corrected chi connectivity index (χ3v) is 5.11. The highest BCUT2D eigenvalue weighted by Crippen LogP contribution is 2.20. The molecule has 2 amide bonds. The van der Waals surface area contributed by atoms with Crippen molar-refractivity contribution in [3.8, 4) is 10.8 Å². The largest absolute Gasteiger partial charge is 0.348 e. The molecule has 9 heteroatoms. The number of piperazine rings is 1. The van der Waals surface area contributed by atoms with Gasteiger partial charge in [0.25, 0.3) is 0 Å². The maximum absolute atomic E-state index is 12.5. The molecule has 26 heavy (non-hydrogen) atoms. The monoisotopic (exact) mass is 374 g/mol. The van der Waals surface area contributed by atoms with Gasteiger partial charge in [-0.25, -0.2) is 15.0 Å². The first-order chi connectivity index (χ1) is 12.5. The van der Waals surface area contributed by atoms with E-state index in [1.54, 1.807) is 37.5 Å². The number of hydrogen-bond donors (Lipinski definition) is 0. The number of hydrogen-bond acceptors (Lipinski definition) is 7. The van der Waals surface area contributed by atoms with E-state index in [0.717, 1.165) is 10.7 Å². The standard InChI is InChI=1S/C17H22N6O2S/c1-21(2)15(25)11-22-6-8-23(9-7-22)14(24)10-13-12-26-17(20-13)16-18-4-3-5-19-16/h3-5,12H,6-11H2,1-2H3. The number of carbonyl (C=O) groups is 2. The van der Waals surface area contributed by atoms with E-state index >= 15 is 0 Å². The first-order valence-electron chi connectivity index (χ1n) is 8.45. The molecule has 0 aliphatic carbocycles. The normalized spacial score (nSPS) is 15.1. The minimum absolute atomic E-state index is 0.0643. The van der Waals surface area contributed by atoms with E-state index < -0.39 is 0 Å². The molecule has 3 heterocycles. The molecule has 0 N–H and O–H groups in total. The maximum Gasteiger partial charge on any atom is 0.236 e. The lowest BCUT2D eigenvalue weighted by Crippen LogP contribution is -2.51. The van der Waals surface area contributed by atoms with Gasteiger partial charge in [0.05, 0.1) is 18.7 Å². The fourth-order valence-electron chi connectivity index (χ4n) is 2.66. The van der Waals surface area contributed by atoms with Crippen LogP contribution in [-0.4, -0.2) is 88.3 Å². The van der Waals surface area contributed by atoms with Crippen molar-refractivity contribution in [2.45, 2.75) is 6.42 Å². The number of nitrogens with zero attached hydrogens (tertiary/aromatic N) is 6. The van der Waals surface area contributed by atoms with Crippen LogP contribution in [0.2, 0.25) is 0 Å². The van der Waals surface area contributed by atoms with Crippen molar-refractivity contribution < 1.29 is 9.59 Å². The highest BCUT2D eigenvalue weighted by molar-refractivity contribution is 7.13. The Labute approximate surface area is 156 Å². The Morgan fingerprint density at radius 2 is 1.85 bits per heavy atom. The molecule has 1 fully saturated rings. The van der Waals surface area contributed by atoms with Crippen molar-refractivity contribution in [3.63, 3.8) is 0 Å². The third kappa shape index (κ3) is 4.61. The van der Waals surface area contributed by atoms with Crippen molar-refractivity contribution in [3.05, 3.63) is 29.5 Å². The summed E-state index contributed by atoms with van der Waals surface area (Å²) in [5, 5.41) is 2.61. The van der Waals surface area contributed by atoms with Gasteiger partial charge in [-0.2, -0.15) is 0 Å². The summed E-state index contributed by atoms with van der Waals surface area (Å²) in [4.78, 5) is 42.6. The topological polar surface area (TPSA) is 82.5 Å². The molecule has 0 unspecified atom stereocenters. The fourth-order valence-corrected chi connectivity index (χ4v) is 3.42. The molecule has 1 aliphatic heterocycles. The number of rotatable bonds is 5. The van der Waals surface area contributed by atoms with Crippen molar-refractivity contribution in [1.29, 1.82) is 0 Å². The summed E-state index contributed by atoms with van der Waals surface area (Å²) in [7, 11) is 3.51. The molecule has 1 aliphatic rings. The minimum atomic E-state index is 0.0643. The molecule has 3 rings (SSSR count). The predicted octanol–water partition coefficient (Wildman–Crippen LogP) is 0.375. The van der Waals surface area contributed by atoms with E-state index in [9.17, 15) is 9.59 Å². The molecule has 2 aromatic rings. The van der Waals surface area contributed by atoms with E-state index in [4.69, 9.17) is 0 Å². The van der Waals surface area contributed by atoms with Crippen LogP contribution >= 0.6 is 11.3 Å². The third-order valence-electron chi connectivity index (χ3n) is 4.22. The van der Waals surface area contributed by atoms with Gasteiger partial charge >= 0.3 is 0 Å². The van der Waals surface area contributed by atoms with Gasteiger partial charge in [0, 0.05) is 58.0 Å². The van der Waals surface area contributed by atoms with E-state index in [-0.39, 0.29) is 18.2 Å². The van der Waals surface area contributed by atoms with Crippen LogP contribution < -0.4 is 0 Å². The van der Waals surface area contributed by atoms with Gasteiger partial charge in [-0.1, -0.05) is 0 Å². The Morgan fingerprint density at radius 3 is 2.50 bits per heavy atom. The van der Waals surface area contributed by atoms with Crippen LogP contribution in [0.15, 0.2) is 23.8 Å². The molecular formula is C17H22N6O2S. The first-order valence-corrected chi connectivity index (χ1v) is 9.33. The molecule has 0 spiro atoms. The number of carbonyl (C=O) groups excluding carboxylic acids is 2. The molecule has 0 saturated carbocycles. The van der Waals surface area contributed by atoms with E-state index in [0.29, 0.717) is 38.5 Å². The zero-order valence-corrected chi connectivity index (χ0v) is 15.8. The molecule has 0 radical (unpaired) electrons. The van der Waals surface area contributed by atoms with Gasteiger partial charge in [-0.15, -0.1) is 11.3 Å². The summed E-state index contributed by atoms with van der Waals surface area (Å²) in [6, 6.07) is 1.76. The second-order valence-corrected chi connectivity index (χ2v) is 7.20. The van der Waals surface area contributed by atoms with Crippen LogP contribution in [0.1, 0.15) is 5.69 Å². The zero-order chi connectivity index (χ0) is 18.5. The first kappa shape index (κ1) is 18.4. The number of thiazole rings is 1. The van der Waals surface area contributed by atoms with Crippen LogP contribution in [-0.2, 0) is 16.0 Å². The van der Waals surface area contributed by atoms with Crippen LogP contribution in [0.4, 0.5) is 0 Å². The molecule has 0 aromatic carbocycles. The maximum atomic E-state index is 12.5. The summed E-state index contributed by atoms with van der Waals surface area (Å²) in [5.41, 5.74) is 0.743. The second-order valence-electron chi connectivity index (χ2n) is 6.34. The van der Waals surface area contributed by atoms with Crippen molar-refractivity contribution in [1.82, 2.24) is 29.7 Å². The smallest absolute Gasteiger partial charge is 0.236 e. The quantitative estimate of drug-likeness (QED) is 0.752. The lowest BCUT2D eigenvalue weighted by atomic mass is 10.2. The Hall–Kier alpha value is -2.39. The van der Waals surface area contributed by atoms with Gasteiger partial charge in [-0.05, 0) is 6.07 Å². The van der Waals surface area contributed by atoms with Crippen molar-refractivity contribution >= 4 is 23.2 Å². The summed E-state index contributed by atoms with van der Waals surface area (Å²) in [6.45, 7) is 3.11. The average molecular weight is 374 g/mol. The minimum Gasteiger partial charge on any atom is -0.348 e. The zero-order valence-electron chi connectivity index (χ0n) is 15.0. The summed E-state index contributed by atoms with van der Waals surface area (Å²) in [6.07, 6.45) is 3.63. The second kappa shape index (κ2) is 8.33. The van der Waals surface area contributed by atoms with Gasteiger partial charge < -0.3 is 9.80 Å². The molecular weight excluding hydrogens is 352 g/mol. The van der Waals surface area contributed by atoms with E-state index in [1.165, 1.54) is 11.3 Å². The van der Waals surface area contributed by atoms with Crippen LogP contribution in [0, 0.1) is 0 Å². The van der Waals surface area contributed by atoms with Crippen LogP contribution in [0.5, 0.6) is 0 Å². The van der Waals surface area contributed by atoms with Crippen LogP contribution in [0.3, 0.4) is 0 Å². The predicted molar refractivity (Wildman–Crippen MR) is 98.6 cm³/mol. The van der Waals surface area contributed by atoms with Gasteiger partial charge in [0.1, 0.15) is 0 Å². The molecule has 1 saturated heterocycles. The van der Waals surface area contributed by atoms with E-state index in [2.05, 4.69) is 19.9 Å². The van der Waals surface area contributed by atoms with Gasteiger partial charge in [0.15, 0.2) is 10.8 Å². The molecule has 0 atom stereocenters. The average Bonchev–Trinajstić information content (AvgIpc) is 3.11. The van der Waals surface area contributed by atoms with Gasteiger partial charge in [-0.3, -0.25) is 14.5 Å². The van der Waals surface area contributed by atoms with Crippen molar-refractivity contribution in [2.75, 3.05) is 46.8 Å². The SMILES string of the molecule is CN(C)C(=O)CN1CCN(C(=O)Cc2csc(-c3ncccn3)n2)CC1.